The zero-order valence-corrected chi connectivity index (χ0v) is 9.36. The molecule has 0 bridgehead atoms. The van der Waals surface area contributed by atoms with Crippen molar-refractivity contribution in [1.82, 2.24) is 4.98 Å². The summed E-state index contributed by atoms with van der Waals surface area (Å²) in [5, 5.41) is 0. The highest BCUT2D eigenvalue weighted by atomic mass is 19.1. The average molecular weight is 225 g/mol. The van der Waals surface area contributed by atoms with Gasteiger partial charge in [0.05, 0.1) is 12.3 Å². The highest BCUT2D eigenvalue weighted by Gasteiger charge is 2.22. The minimum atomic E-state index is -0.481. The van der Waals surface area contributed by atoms with Crippen LogP contribution in [0.1, 0.15) is 25.7 Å². The van der Waals surface area contributed by atoms with E-state index in [2.05, 4.69) is 4.98 Å². The first kappa shape index (κ1) is 11.3. The van der Waals surface area contributed by atoms with Crippen LogP contribution in [0.25, 0.3) is 0 Å². The van der Waals surface area contributed by atoms with Gasteiger partial charge in [0.25, 0.3) is 0 Å². The van der Waals surface area contributed by atoms with Crippen LogP contribution in [0.15, 0.2) is 18.3 Å². The second kappa shape index (κ2) is 5.25. The molecule has 0 spiro atoms. The summed E-state index contributed by atoms with van der Waals surface area (Å²) in [7, 11) is 1.73. The maximum Gasteiger partial charge on any atom is 0.213 e. The number of aromatic nitrogens is 1. The number of pyridine rings is 1. The lowest BCUT2D eigenvalue weighted by Gasteiger charge is -2.28. The van der Waals surface area contributed by atoms with Crippen molar-refractivity contribution >= 4 is 0 Å². The van der Waals surface area contributed by atoms with E-state index >= 15 is 0 Å². The zero-order chi connectivity index (χ0) is 11.4. The number of nitrogens with zero attached hydrogens (tertiary/aromatic N) is 1. The number of hydrogen-bond acceptors (Lipinski definition) is 3. The van der Waals surface area contributed by atoms with E-state index in [9.17, 15) is 4.39 Å². The van der Waals surface area contributed by atoms with Crippen molar-refractivity contribution in [1.29, 1.82) is 0 Å². The van der Waals surface area contributed by atoms with Crippen molar-refractivity contribution in [2.75, 3.05) is 7.11 Å². The van der Waals surface area contributed by atoms with Crippen molar-refractivity contribution in [3.05, 3.63) is 24.3 Å². The number of methoxy groups -OCH3 is 1. The molecule has 0 aliphatic heterocycles. The van der Waals surface area contributed by atoms with E-state index in [0.29, 0.717) is 5.75 Å². The molecule has 16 heavy (non-hydrogen) atoms. The Morgan fingerprint density at radius 2 is 2.12 bits per heavy atom. The van der Waals surface area contributed by atoms with Crippen LogP contribution < -0.4 is 4.74 Å². The van der Waals surface area contributed by atoms with Gasteiger partial charge >= 0.3 is 0 Å². The molecule has 1 aliphatic rings. The Bertz CT molecular complexity index is 328. The quantitative estimate of drug-likeness (QED) is 0.741. The van der Waals surface area contributed by atoms with Crippen LogP contribution in [-0.4, -0.2) is 24.3 Å². The Labute approximate surface area is 94.6 Å². The largest absolute Gasteiger partial charge is 0.489 e. The highest BCUT2D eigenvalue weighted by molar-refractivity contribution is 5.16. The summed E-state index contributed by atoms with van der Waals surface area (Å²) in [5.41, 5.74) is 0. The summed E-state index contributed by atoms with van der Waals surface area (Å²) >= 11 is 0. The van der Waals surface area contributed by atoms with E-state index in [-0.39, 0.29) is 12.2 Å². The van der Waals surface area contributed by atoms with Gasteiger partial charge in [-0.2, -0.15) is 4.39 Å². The Morgan fingerprint density at radius 3 is 2.81 bits per heavy atom. The van der Waals surface area contributed by atoms with Crippen molar-refractivity contribution in [3.63, 3.8) is 0 Å². The molecule has 4 heteroatoms. The molecule has 0 radical (unpaired) electrons. The van der Waals surface area contributed by atoms with Crippen LogP contribution >= 0.6 is 0 Å². The first-order chi connectivity index (χ1) is 7.78. The van der Waals surface area contributed by atoms with Crippen LogP contribution in [0, 0.1) is 5.95 Å². The van der Waals surface area contributed by atoms with Crippen molar-refractivity contribution in [2.24, 2.45) is 0 Å². The molecule has 2 rings (SSSR count). The molecule has 1 heterocycles. The molecule has 2 atom stereocenters. The van der Waals surface area contributed by atoms with Crippen LogP contribution in [0.3, 0.4) is 0 Å². The lowest BCUT2D eigenvalue weighted by Crippen LogP contribution is -2.29. The summed E-state index contributed by atoms with van der Waals surface area (Å²) in [4.78, 5) is 3.56. The Balaban J connectivity index is 1.91. The zero-order valence-electron chi connectivity index (χ0n) is 9.36. The average Bonchev–Trinajstić information content (AvgIpc) is 2.32. The van der Waals surface area contributed by atoms with Gasteiger partial charge in [-0.05, 0) is 31.4 Å². The van der Waals surface area contributed by atoms with Crippen molar-refractivity contribution < 1.29 is 13.9 Å². The van der Waals surface area contributed by atoms with Gasteiger partial charge in [0.2, 0.25) is 5.95 Å². The summed E-state index contributed by atoms with van der Waals surface area (Å²) in [5.74, 6) is 0.147. The third-order valence-electron chi connectivity index (χ3n) is 2.91. The SMILES string of the molecule is COC1CCCC(Oc2ccc(F)nc2)C1. The van der Waals surface area contributed by atoms with E-state index in [4.69, 9.17) is 9.47 Å². The molecule has 1 aromatic rings. The van der Waals surface area contributed by atoms with Gasteiger partial charge in [0.15, 0.2) is 0 Å². The van der Waals surface area contributed by atoms with E-state index in [0.717, 1.165) is 25.7 Å². The Morgan fingerprint density at radius 1 is 1.31 bits per heavy atom. The summed E-state index contributed by atoms with van der Waals surface area (Å²) in [6.45, 7) is 0. The number of halogens is 1. The van der Waals surface area contributed by atoms with E-state index in [1.807, 2.05) is 0 Å². The number of ether oxygens (including phenoxy) is 2. The van der Waals surface area contributed by atoms with Crippen molar-refractivity contribution in [3.8, 4) is 5.75 Å². The lowest BCUT2D eigenvalue weighted by atomic mass is 9.95. The standard InChI is InChI=1S/C12H16FNO2/c1-15-9-3-2-4-10(7-9)16-11-5-6-12(13)14-8-11/h5-6,8-10H,2-4,7H2,1H3. The third kappa shape index (κ3) is 2.92. The molecule has 0 saturated heterocycles. The van der Waals surface area contributed by atoms with Gasteiger partial charge < -0.3 is 9.47 Å². The van der Waals surface area contributed by atoms with Gasteiger partial charge in [-0.15, -0.1) is 0 Å². The van der Waals surface area contributed by atoms with Crippen LogP contribution in [-0.2, 0) is 4.74 Å². The fraction of sp³-hybridized carbons (Fsp3) is 0.583. The Kier molecular flexibility index (Phi) is 3.72. The van der Waals surface area contributed by atoms with Crippen LogP contribution in [0.2, 0.25) is 0 Å². The van der Waals surface area contributed by atoms with E-state index in [1.54, 1.807) is 13.2 Å². The molecule has 1 saturated carbocycles. The molecule has 1 aliphatic carbocycles. The molecule has 0 aromatic carbocycles. The predicted molar refractivity (Wildman–Crippen MR) is 57.9 cm³/mol. The molecular formula is C12H16FNO2. The number of hydrogen-bond donors (Lipinski definition) is 0. The second-order valence-corrected chi connectivity index (χ2v) is 4.08. The minimum absolute atomic E-state index is 0.158. The molecule has 3 nitrogen and oxygen atoms in total. The molecule has 0 amide bonds. The van der Waals surface area contributed by atoms with Gasteiger partial charge in [-0.3, -0.25) is 0 Å². The van der Waals surface area contributed by atoms with Gasteiger partial charge in [0.1, 0.15) is 11.9 Å². The maximum atomic E-state index is 12.6. The van der Waals surface area contributed by atoms with E-state index in [1.165, 1.54) is 12.3 Å². The summed E-state index contributed by atoms with van der Waals surface area (Å²) < 4.78 is 23.7. The monoisotopic (exact) mass is 225 g/mol. The smallest absolute Gasteiger partial charge is 0.213 e. The minimum Gasteiger partial charge on any atom is -0.489 e. The van der Waals surface area contributed by atoms with Crippen LogP contribution in [0.5, 0.6) is 5.75 Å². The topological polar surface area (TPSA) is 31.4 Å². The van der Waals surface area contributed by atoms with Gasteiger partial charge in [-0.25, -0.2) is 4.98 Å². The molecule has 0 N–H and O–H groups in total. The second-order valence-electron chi connectivity index (χ2n) is 4.08. The molecule has 1 aromatic heterocycles. The third-order valence-corrected chi connectivity index (χ3v) is 2.91. The molecular weight excluding hydrogens is 209 g/mol. The molecule has 1 fully saturated rings. The molecule has 2 unspecified atom stereocenters. The predicted octanol–water partition coefficient (Wildman–Crippen LogP) is 2.56. The van der Waals surface area contributed by atoms with Gasteiger partial charge in [-0.1, -0.05) is 0 Å². The first-order valence-electron chi connectivity index (χ1n) is 5.59. The summed E-state index contributed by atoms with van der Waals surface area (Å²) in [6.07, 6.45) is 5.99. The van der Waals surface area contributed by atoms with Crippen LogP contribution in [0.4, 0.5) is 4.39 Å². The van der Waals surface area contributed by atoms with Crippen molar-refractivity contribution in [2.45, 2.75) is 37.9 Å². The normalized spacial score (nSPS) is 25.4. The number of rotatable bonds is 3. The molecule has 88 valence electrons. The fourth-order valence-electron chi connectivity index (χ4n) is 2.05. The lowest BCUT2D eigenvalue weighted by molar-refractivity contribution is 0.0208. The highest BCUT2D eigenvalue weighted by Crippen LogP contribution is 2.24. The maximum absolute atomic E-state index is 12.6. The fourth-order valence-corrected chi connectivity index (χ4v) is 2.05. The first-order valence-corrected chi connectivity index (χ1v) is 5.59. The van der Waals surface area contributed by atoms with E-state index < -0.39 is 5.95 Å². The van der Waals surface area contributed by atoms with Gasteiger partial charge in [0, 0.05) is 13.5 Å². The summed E-state index contributed by atoms with van der Waals surface area (Å²) in [6, 6.07) is 2.92. The Hall–Kier alpha value is -1.16.